The van der Waals surface area contributed by atoms with E-state index in [9.17, 15) is 4.79 Å². The van der Waals surface area contributed by atoms with Gasteiger partial charge >= 0.3 is 0 Å². The number of nitrogens with zero attached hydrogens (tertiary/aromatic N) is 1. The van der Waals surface area contributed by atoms with Gasteiger partial charge in [-0.15, -0.1) is 0 Å². The quantitative estimate of drug-likeness (QED) is 0.816. The second-order valence-electron chi connectivity index (χ2n) is 5.17. The average Bonchev–Trinajstić information content (AvgIpc) is 2.67. The third kappa shape index (κ3) is 2.97. The van der Waals surface area contributed by atoms with Crippen LogP contribution in [0.15, 0.2) is 0 Å². The predicted octanol–water partition coefficient (Wildman–Crippen LogP) is 1.73. The standard InChI is InChI=1S/C13H24N2OS/c1-2-13(5-3-6-14-11-13)12(16)15-7-4-9-17-10-8-15/h14H,2-11H2,1H3. The molecule has 0 spiro atoms. The molecule has 3 nitrogen and oxygen atoms in total. The van der Waals surface area contributed by atoms with Gasteiger partial charge in [-0.3, -0.25) is 4.79 Å². The molecule has 0 bridgehead atoms. The maximum Gasteiger partial charge on any atom is 0.230 e. The number of hydrogen-bond acceptors (Lipinski definition) is 3. The van der Waals surface area contributed by atoms with E-state index in [-0.39, 0.29) is 5.41 Å². The number of rotatable bonds is 2. The van der Waals surface area contributed by atoms with Crippen LogP contribution in [0, 0.1) is 5.41 Å². The van der Waals surface area contributed by atoms with Gasteiger partial charge in [0.15, 0.2) is 0 Å². The van der Waals surface area contributed by atoms with Crippen molar-refractivity contribution in [1.82, 2.24) is 10.2 Å². The van der Waals surface area contributed by atoms with Gasteiger partial charge in [0.1, 0.15) is 0 Å². The SMILES string of the molecule is CCC1(C(=O)N2CCCSCC2)CCCNC1. The van der Waals surface area contributed by atoms with E-state index in [2.05, 4.69) is 17.1 Å². The summed E-state index contributed by atoms with van der Waals surface area (Å²) in [4.78, 5) is 14.9. The molecular formula is C13H24N2OS. The number of amides is 1. The summed E-state index contributed by atoms with van der Waals surface area (Å²) < 4.78 is 0. The molecule has 0 aromatic heterocycles. The molecule has 1 atom stereocenters. The topological polar surface area (TPSA) is 32.3 Å². The minimum atomic E-state index is -0.104. The van der Waals surface area contributed by atoms with Crippen LogP contribution >= 0.6 is 11.8 Å². The van der Waals surface area contributed by atoms with Crippen molar-refractivity contribution in [1.29, 1.82) is 0 Å². The van der Waals surface area contributed by atoms with Gasteiger partial charge < -0.3 is 10.2 Å². The van der Waals surface area contributed by atoms with Crippen LogP contribution in [-0.4, -0.2) is 48.5 Å². The van der Waals surface area contributed by atoms with Crippen LogP contribution in [0.4, 0.5) is 0 Å². The Kier molecular flexibility index (Phi) is 4.74. The van der Waals surface area contributed by atoms with E-state index in [4.69, 9.17) is 0 Å². The number of piperidine rings is 1. The van der Waals surface area contributed by atoms with Gasteiger partial charge in [0.25, 0.3) is 0 Å². The van der Waals surface area contributed by atoms with Crippen molar-refractivity contribution in [2.24, 2.45) is 5.41 Å². The Morgan fingerprint density at radius 1 is 1.35 bits per heavy atom. The van der Waals surface area contributed by atoms with Crippen LogP contribution < -0.4 is 5.32 Å². The lowest BCUT2D eigenvalue weighted by atomic mass is 9.77. The average molecular weight is 256 g/mol. The molecule has 1 amide bonds. The highest BCUT2D eigenvalue weighted by molar-refractivity contribution is 7.99. The summed E-state index contributed by atoms with van der Waals surface area (Å²) in [7, 11) is 0. The number of nitrogens with one attached hydrogen (secondary N) is 1. The lowest BCUT2D eigenvalue weighted by Crippen LogP contribution is -2.52. The Morgan fingerprint density at radius 2 is 2.24 bits per heavy atom. The summed E-state index contributed by atoms with van der Waals surface area (Å²) in [5.41, 5.74) is -0.104. The lowest BCUT2D eigenvalue weighted by Gasteiger charge is -2.39. The summed E-state index contributed by atoms with van der Waals surface area (Å²) in [6.07, 6.45) is 4.34. The van der Waals surface area contributed by atoms with Crippen molar-refractivity contribution in [3.05, 3.63) is 0 Å². The van der Waals surface area contributed by atoms with Gasteiger partial charge in [-0.1, -0.05) is 6.92 Å². The Labute approximate surface area is 109 Å². The van der Waals surface area contributed by atoms with E-state index in [1.807, 2.05) is 11.8 Å². The molecular weight excluding hydrogens is 232 g/mol. The van der Waals surface area contributed by atoms with Crippen LogP contribution in [0.2, 0.25) is 0 Å². The molecule has 2 aliphatic rings. The third-order valence-electron chi connectivity index (χ3n) is 4.11. The summed E-state index contributed by atoms with van der Waals surface area (Å²) >= 11 is 1.98. The highest BCUT2D eigenvalue weighted by atomic mass is 32.2. The summed E-state index contributed by atoms with van der Waals surface area (Å²) in [6.45, 7) is 6.03. The number of carbonyl (C=O) groups excluding carboxylic acids is 1. The van der Waals surface area contributed by atoms with Crippen LogP contribution in [0.3, 0.4) is 0 Å². The molecule has 1 unspecified atom stereocenters. The Balaban J connectivity index is 2.04. The molecule has 98 valence electrons. The number of carbonyl (C=O) groups is 1. The van der Waals surface area contributed by atoms with Gasteiger partial charge in [-0.05, 0) is 38.0 Å². The predicted molar refractivity (Wildman–Crippen MR) is 73.3 cm³/mol. The Hall–Kier alpha value is -0.220. The van der Waals surface area contributed by atoms with Crippen molar-refractivity contribution >= 4 is 17.7 Å². The summed E-state index contributed by atoms with van der Waals surface area (Å²) in [6, 6.07) is 0. The van der Waals surface area contributed by atoms with E-state index >= 15 is 0 Å². The van der Waals surface area contributed by atoms with E-state index < -0.39 is 0 Å². The molecule has 0 aromatic rings. The van der Waals surface area contributed by atoms with Crippen LogP contribution in [0.5, 0.6) is 0 Å². The third-order valence-corrected chi connectivity index (χ3v) is 5.16. The maximum atomic E-state index is 12.7. The molecule has 2 rings (SSSR count). The lowest BCUT2D eigenvalue weighted by molar-refractivity contribution is -0.143. The molecule has 2 heterocycles. The summed E-state index contributed by atoms with van der Waals surface area (Å²) in [5.74, 6) is 2.73. The largest absolute Gasteiger partial charge is 0.341 e. The van der Waals surface area contributed by atoms with Crippen molar-refractivity contribution < 1.29 is 4.79 Å². The molecule has 2 aliphatic heterocycles. The zero-order chi connectivity index (χ0) is 12.1. The minimum Gasteiger partial charge on any atom is -0.341 e. The van der Waals surface area contributed by atoms with E-state index in [1.165, 1.54) is 5.75 Å². The minimum absolute atomic E-state index is 0.104. The van der Waals surface area contributed by atoms with Crippen LogP contribution in [0.25, 0.3) is 0 Å². The van der Waals surface area contributed by atoms with E-state index in [0.717, 1.165) is 57.6 Å². The first-order chi connectivity index (χ1) is 8.28. The van der Waals surface area contributed by atoms with Crippen molar-refractivity contribution in [3.63, 3.8) is 0 Å². The fourth-order valence-electron chi connectivity index (χ4n) is 2.89. The number of hydrogen-bond donors (Lipinski definition) is 1. The molecule has 0 aromatic carbocycles. The van der Waals surface area contributed by atoms with Gasteiger partial charge in [0, 0.05) is 25.4 Å². The fourth-order valence-corrected chi connectivity index (χ4v) is 3.77. The van der Waals surface area contributed by atoms with E-state index in [0.29, 0.717) is 5.91 Å². The first-order valence-corrected chi connectivity index (χ1v) is 8.02. The van der Waals surface area contributed by atoms with Crippen molar-refractivity contribution in [2.75, 3.05) is 37.7 Å². The van der Waals surface area contributed by atoms with Gasteiger partial charge in [0.05, 0.1) is 5.41 Å². The molecule has 0 saturated carbocycles. The molecule has 0 aliphatic carbocycles. The zero-order valence-corrected chi connectivity index (χ0v) is 11.7. The molecule has 17 heavy (non-hydrogen) atoms. The van der Waals surface area contributed by atoms with Crippen molar-refractivity contribution in [2.45, 2.75) is 32.6 Å². The smallest absolute Gasteiger partial charge is 0.230 e. The Bertz CT molecular complexity index is 256. The normalized spacial score (nSPS) is 31.0. The Morgan fingerprint density at radius 3 is 2.94 bits per heavy atom. The second kappa shape index (κ2) is 6.10. The molecule has 2 saturated heterocycles. The molecule has 1 N–H and O–H groups in total. The first kappa shape index (κ1) is 13.2. The summed E-state index contributed by atoms with van der Waals surface area (Å²) in [5, 5.41) is 3.41. The second-order valence-corrected chi connectivity index (χ2v) is 6.40. The molecule has 2 fully saturated rings. The van der Waals surface area contributed by atoms with Gasteiger partial charge in [0.2, 0.25) is 5.91 Å². The van der Waals surface area contributed by atoms with Crippen LogP contribution in [-0.2, 0) is 4.79 Å². The van der Waals surface area contributed by atoms with E-state index in [1.54, 1.807) is 0 Å². The van der Waals surface area contributed by atoms with Crippen LogP contribution in [0.1, 0.15) is 32.6 Å². The monoisotopic (exact) mass is 256 g/mol. The molecule has 4 heteroatoms. The fraction of sp³-hybridized carbons (Fsp3) is 0.923. The number of thioether (sulfide) groups is 1. The highest BCUT2D eigenvalue weighted by Crippen LogP contribution is 2.32. The zero-order valence-electron chi connectivity index (χ0n) is 10.8. The van der Waals surface area contributed by atoms with Gasteiger partial charge in [-0.2, -0.15) is 11.8 Å². The van der Waals surface area contributed by atoms with Gasteiger partial charge in [-0.25, -0.2) is 0 Å². The maximum absolute atomic E-state index is 12.7. The molecule has 0 radical (unpaired) electrons. The first-order valence-electron chi connectivity index (χ1n) is 6.86. The highest BCUT2D eigenvalue weighted by Gasteiger charge is 2.40. The van der Waals surface area contributed by atoms with Crippen molar-refractivity contribution in [3.8, 4) is 0 Å².